The first-order chi connectivity index (χ1) is 9.08. The zero-order chi connectivity index (χ0) is 14.3. The predicted molar refractivity (Wildman–Crippen MR) is 80.6 cm³/mol. The van der Waals surface area contributed by atoms with Crippen molar-refractivity contribution in [3.8, 4) is 5.75 Å². The molecule has 0 aliphatic rings. The van der Waals surface area contributed by atoms with Gasteiger partial charge in [0.05, 0.1) is 12.1 Å². The molecule has 2 N–H and O–H groups in total. The van der Waals surface area contributed by atoms with Gasteiger partial charge in [0.2, 0.25) is 0 Å². The van der Waals surface area contributed by atoms with Crippen LogP contribution in [-0.2, 0) is 0 Å². The van der Waals surface area contributed by atoms with Crippen LogP contribution in [-0.4, -0.2) is 36.0 Å². The number of hydrogen-bond donors (Lipinski definition) is 1. The Balaban J connectivity index is 2.76. The van der Waals surface area contributed by atoms with E-state index in [9.17, 15) is 4.79 Å². The van der Waals surface area contributed by atoms with Gasteiger partial charge in [-0.2, -0.15) is 0 Å². The van der Waals surface area contributed by atoms with Gasteiger partial charge < -0.3 is 15.4 Å². The Morgan fingerprint density at radius 1 is 1.32 bits per heavy atom. The highest BCUT2D eigenvalue weighted by Crippen LogP contribution is 2.13. The van der Waals surface area contributed by atoms with Gasteiger partial charge in [0.15, 0.2) is 0 Å². The lowest BCUT2D eigenvalue weighted by atomic mass is 10.2. The van der Waals surface area contributed by atoms with Crippen LogP contribution in [0.15, 0.2) is 24.3 Å². The lowest BCUT2D eigenvalue weighted by Crippen LogP contribution is -2.34. The Hall–Kier alpha value is -1.62. The van der Waals surface area contributed by atoms with E-state index < -0.39 is 0 Å². The second kappa shape index (κ2) is 7.74. The molecule has 1 rings (SSSR count). The monoisotopic (exact) mass is 280 g/mol. The predicted octanol–water partition coefficient (Wildman–Crippen LogP) is 2.22. The van der Waals surface area contributed by atoms with Gasteiger partial charge >= 0.3 is 0 Å². The molecule has 1 aromatic carbocycles. The number of amides is 1. The van der Waals surface area contributed by atoms with Crippen molar-refractivity contribution in [3.63, 3.8) is 0 Å². The number of ether oxygens (including phenoxy) is 1. The Morgan fingerprint density at radius 2 is 1.95 bits per heavy atom. The molecular formula is C14H20N2O2S. The molecule has 19 heavy (non-hydrogen) atoms. The van der Waals surface area contributed by atoms with Crippen LogP contribution in [0.1, 0.15) is 30.1 Å². The maximum absolute atomic E-state index is 12.3. The molecular weight excluding hydrogens is 260 g/mol. The zero-order valence-electron chi connectivity index (χ0n) is 11.4. The molecule has 0 fully saturated rings. The number of benzene rings is 1. The molecule has 0 atom stereocenters. The maximum Gasteiger partial charge on any atom is 0.253 e. The van der Waals surface area contributed by atoms with E-state index >= 15 is 0 Å². The molecule has 0 saturated heterocycles. The molecule has 0 unspecified atom stereocenters. The Kier molecular flexibility index (Phi) is 6.29. The van der Waals surface area contributed by atoms with Gasteiger partial charge in [-0.25, -0.2) is 0 Å². The molecule has 0 aliphatic heterocycles. The fourth-order valence-electron chi connectivity index (χ4n) is 1.75. The number of rotatable bonds is 7. The molecule has 1 aromatic rings. The van der Waals surface area contributed by atoms with Crippen molar-refractivity contribution in [1.29, 1.82) is 0 Å². The SMILES string of the molecule is CCCN(CCC(N)=S)C(=O)c1ccc(OC)cc1. The topological polar surface area (TPSA) is 55.6 Å². The number of nitrogens with zero attached hydrogens (tertiary/aromatic N) is 1. The summed E-state index contributed by atoms with van der Waals surface area (Å²) in [5.41, 5.74) is 6.14. The lowest BCUT2D eigenvalue weighted by Gasteiger charge is -2.22. The first kappa shape index (κ1) is 15.4. The van der Waals surface area contributed by atoms with Crippen molar-refractivity contribution in [2.24, 2.45) is 5.73 Å². The van der Waals surface area contributed by atoms with Crippen molar-refractivity contribution in [3.05, 3.63) is 29.8 Å². The molecule has 0 radical (unpaired) electrons. The van der Waals surface area contributed by atoms with Crippen LogP contribution in [0, 0.1) is 0 Å². The average Bonchev–Trinajstić information content (AvgIpc) is 2.42. The normalized spacial score (nSPS) is 10.0. The summed E-state index contributed by atoms with van der Waals surface area (Å²) in [6.45, 7) is 3.30. The first-order valence-electron chi connectivity index (χ1n) is 6.30. The maximum atomic E-state index is 12.3. The second-order valence-electron chi connectivity index (χ2n) is 4.24. The van der Waals surface area contributed by atoms with E-state index in [2.05, 4.69) is 0 Å². The van der Waals surface area contributed by atoms with E-state index in [-0.39, 0.29) is 5.91 Å². The molecule has 104 valence electrons. The highest BCUT2D eigenvalue weighted by Gasteiger charge is 2.14. The molecule has 1 amide bonds. The standard InChI is InChI=1S/C14H20N2O2S/c1-3-9-16(10-8-13(15)19)14(17)11-4-6-12(18-2)7-5-11/h4-7H,3,8-10H2,1-2H3,(H2,15,19). The van der Waals surface area contributed by atoms with Gasteiger partial charge in [-0.15, -0.1) is 0 Å². The largest absolute Gasteiger partial charge is 0.497 e. The Morgan fingerprint density at radius 3 is 2.42 bits per heavy atom. The number of carbonyl (C=O) groups excluding carboxylic acids is 1. The van der Waals surface area contributed by atoms with E-state index in [0.29, 0.717) is 30.1 Å². The average molecular weight is 280 g/mol. The number of thiocarbonyl (C=S) groups is 1. The fraction of sp³-hybridized carbons (Fsp3) is 0.429. The summed E-state index contributed by atoms with van der Waals surface area (Å²) >= 11 is 4.86. The van der Waals surface area contributed by atoms with Crippen molar-refractivity contribution >= 4 is 23.1 Å². The fourth-order valence-corrected chi connectivity index (χ4v) is 1.84. The first-order valence-corrected chi connectivity index (χ1v) is 6.71. The van der Waals surface area contributed by atoms with E-state index in [0.717, 1.165) is 12.2 Å². The van der Waals surface area contributed by atoms with Crippen molar-refractivity contribution < 1.29 is 9.53 Å². The highest BCUT2D eigenvalue weighted by molar-refractivity contribution is 7.80. The molecule has 0 saturated carbocycles. The summed E-state index contributed by atoms with van der Waals surface area (Å²) in [4.78, 5) is 14.6. The molecule has 0 aromatic heterocycles. The number of nitrogens with two attached hydrogens (primary N) is 1. The summed E-state index contributed by atoms with van der Waals surface area (Å²) in [6, 6.07) is 7.10. The quantitative estimate of drug-likeness (QED) is 0.778. The van der Waals surface area contributed by atoms with Crippen molar-refractivity contribution in [2.75, 3.05) is 20.2 Å². The minimum absolute atomic E-state index is 0.000697. The minimum atomic E-state index is 0.000697. The minimum Gasteiger partial charge on any atom is -0.497 e. The van der Waals surface area contributed by atoms with Gasteiger partial charge in [0.1, 0.15) is 5.75 Å². The molecule has 0 bridgehead atoms. The van der Waals surface area contributed by atoms with Crippen LogP contribution >= 0.6 is 12.2 Å². The summed E-state index contributed by atoms with van der Waals surface area (Å²) in [6.07, 6.45) is 1.45. The number of hydrogen-bond acceptors (Lipinski definition) is 3. The van der Waals surface area contributed by atoms with Crippen molar-refractivity contribution in [1.82, 2.24) is 4.90 Å². The Labute approximate surface area is 119 Å². The highest BCUT2D eigenvalue weighted by atomic mass is 32.1. The van der Waals surface area contributed by atoms with Crippen LogP contribution in [0.3, 0.4) is 0 Å². The van der Waals surface area contributed by atoms with Crippen LogP contribution in [0.4, 0.5) is 0 Å². The molecule has 0 aliphatic carbocycles. The summed E-state index contributed by atoms with van der Waals surface area (Å²) < 4.78 is 5.08. The third-order valence-electron chi connectivity index (χ3n) is 2.75. The van der Waals surface area contributed by atoms with E-state index in [1.165, 1.54) is 0 Å². The molecule has 4 nitrogen and oxygen atoms in total. The number of methoxy groups -OCH3 is 1. The van der Waals surface area contributed by atoms with Crippen LogP contribution in [0.5, 0.6) is 5.75 Å². The van der Waals surface area contributed by atoms with Crippen LogP contribution < -0.4 is 10.5 Å². The third kappa shape index (κ3) is 4.87. The van der Waals surface area contributed by atoms with Gasteiger partial charge in [0.25, 0.3) is 5.91 Å². The van der Waals surface area contributed by atoms with Crippen molar-refractivity contribution in [2.45, 2.75) is 19.8 Å². The summed E-state index contributed by atoms with van der Waals surface area (Å²) in [7, 11) is 1.60. The lowest BCUT2D eigenvalue weighted by molar-refractivity contribution is 0.0760. The van der Waals surface area contributed by atoms with Gasteiger partial charge in [-0.1, -0.05) is 19.1 Å². The van der Waals surface area contributed by atoms with Crippen LogP contribution in [0.2, 0.25) is 0 Å². The Bertz CT molecular complexity index is 432. The second-order valence-corrected chi connectivity index (χ2v) is 4.76. The summed E-state index contributed by atoms with van der Waals surface area (Å²) in [5.74, 6) is 0.738. The van der Waals surface area contributed by atoms with E-state index in [1.807, 2.05) is 6.92 Å². The smallest absolute Gasteiger partial charge is 0.253 e. The van der Waals surface area contributed by atoms with E-state index in [4.69, 9.17) is 22.7 Å². The summed E-state index contributed by atoms with van der Waals surface area (Å²) in [5, 5.41) is 0. The zero-order valence-corrected chi connectivity index (χ0v) is 12.2. The number of carbonyl (C=O) groups is 1. The molecule has 0 heterocycles. The van der Waals surface area contributed by atoms with Crippen LogP contribution in [0.25, 0.3) is 0 Å². The third-order valence-corrected chi connectivity index (χ3v) is 2.95. The van der Waals surface area contributed by atoms with Gasteiger partial charge in [-0.3, -0.25) is 4.79 Å². The molecule has 0 spiro atoms. The van der Waals surface area contributed by atoms with E-state index in [1.54, 1.807) is 36.3 Å². The van der Waals surface area contributed by atoms with Gasteiger partial charge in [-0.05, 0) is 30.7 Å². The van der Waals surface area contributed by atoms with Gasteiger partial charge in [0, 0.05) is 25.1 Å². The molecule has 5 heteroatoms.